The summed E-state index contributed by atoms with van der Waals surface area (Å²) in [5.74, 6) is -1.98. The molecule has 102 valence electrons. The van der Waals surface area contributed by atoms with Crippen LogP contribution in [0.4, 0.5) is 5.69 Å². The van der Waals surface area contributed by atoms with Gasteiger partial charge in [-0.05, 0) is 32.1 Å². The molecule has 19 heavy (non-hydrogen) atoms. The third-order valence-electron chi connectivity index (χ3n) is 3.21. The first-order valence-corrected chi connectivity index (χ1v) is 6.25. The summed E-state index contributed by atoms with van der Waals surface area (Å²) >= 11 is 0. The summed E-state index contributed by atoms with van der Waals surface area (Å²) in [7, 11) is 3.92. The fourth-order valence-electron chi connectivity index (χ4n) is 2.10. The summed E-state index contributed by atoms with van der Waals surface area (Å²) in [5, 5.41) is 11.7. The van der Waals surface area contributed by atoms with Crippen molar-refractivity contribution in [3.05, 3.63) is 29.8 Å². The maximum atomic E-state index is 11.9. The number of amides is 1. The van der Waals surface area contributed by atoms with Gasteiger partial charge >= 0.3 is 5.97 Å². The number of nitrogens with zero attached hydrogens (tertiary/aromatic N) is 1. The molecule has 1 amide bonds. The van der Waals surface area contributed by atoms with Gasteiger partial charge in [-0.25, -0.2) is 0 Å². The van der Waals surface area contributed by atoms with Crippen molar-refractivity contribution in [2.45, 2.75) is 13.0 Å². The van der Waals surface area contributed by atoms with Gasteiger partial charge in [0, 0.05) is 12.2 Å². The monoisotopic (exact) mass is 262 g/mol. The Kier molecular flexibility index (Phi) is 3.85. The molecule has 1 aliphatic rings. The van der Waals surface area contributed by atoms with E-state index in [9.17, 15) is 9.59 Å². The second kappa shape index (κ2) is 5.40. The van der Waals surface area contributed by atoms with E-state index in [1.54, 1.807) is 0 Å². The van der Waals surface area contributed by atoms with E-state index < -0.39 is 11.9 Å². The quantitative estimate of drug-likeness (QED) is 0.841. The highest BCUT2D eigenvalue weighted by Crippen LogP contribution is 2.39. The van der Waals surface area contributed by atoms with Crippen LogP contribution in [0, 0.1) is 11.8 Å². The first kappa shape index (κ1) is 13.5. The van der Waals surface area contributed by atoms with Crippen LogP contribution in [0.25, 0.3) is 0 Å². The SMILES string of the molecule is CN(C)Cc1ccccc1NC(=O)[C@@H]1C[C@@H]1C(=O)O. The number of aliphatic carboxylic acids is 1. The molecule has 0 radical (unpaired) electrons. The Bertz CT molecular complexity index is 499. The van der Waals surface area contributed by atoms with Crippen molar-refractivity contribution in [1.82, 2.24) is 4.90 Å². The molecule has 0 aromatic heterocycles. The zero-order valence-corrected chi connectivity index (χ0v) is 11.1. The third-order valence-corrected chi connectivity index (χ3v) is 3.21. The molecule has 0 aliphatic heterocycles. The lowest BCUT2D eigenvalue weighted by atomic mass is 10.1. The molecular weight excluding hydrogens is 244 g/mol. The van der Waals surface area contributed by atoms with E-state index in [0.29, 0.717) is 6.42 Å². The van der Waals surface area contributed by atoms with Gasteiger partial charge in [0.05, 0.1) is 11.8 Å². The molecule has 0 bridgehead atoms. The van der Waals surface area contributed by atoms with Crippen LogP contribution in [0.1, 0.15) is 12.0 Å². The van der Waals surface area contributed by atoms with Gasteiger partial charge in [-0.2, -0.15) is 0 Å². The largest absolute Gasteiger partial charge is 0.481 e. The highest BCUT2D eigenvalue weighted by molar-refractivity contribution is 5.98. The lowest BCUT2D eigenvalue weighted by molar-refractivity contribution is -0.139. The molecule has 1 aliphatic carbocycles. The molecule has 0 spiro atoms. The van der Waals surface area contributed by atoms with Crippen LogP contribution >= 0.6 is 0 Å². The summed E-state index contributed by atoms with van der Waals surface area (Å²) < 4.78 is 0. The molecule has 1 fully saturated rings. The molecule has 0 unspecified atom stereocenters. The average molecular weight is 262 g/mol. The van der Waals surface area contributed by atoms with Crippen molar-refractivity contribution in [2.24, 2.45) is 11.8 Å². The maximum Gasteiger partial charge on any atom is 0.307 e. The summed E-state index contributed by atoms with van der Waals surface area (Å²) in [6.45, 7) is 0.726. The second-order valence-corrected chi connectivity index (χ2v) is 5.17. The number of carboxylic acid groups (broad SMARTS) is 1. The molecule has 0 heterocycles. The number of anilines is 1. The standard InChI is InChI=1S/C14H18N2O3/c1-16(2)8-9-5-3-4-6-12(9)15-13(17)10-7-11(10)14(18)19/h3-6,10-11H,7-8H2,1-2H3,(H,15,17)(H,18,19)/t10-,11+/m1/s1. The van der Waals surface area contributed by atoms with Gasteiger partial charge < -0.3 is 15.3 Å². The first-order chi connectivity index (χ1) is 8.99. The molecule has 0 saturated heterocycles. The van der Waals surface area contributed by atoms with Crippen LogP contribution in [-0.4, -0.2) is 36.0 Å². The lowest BCUT2D eigenvalue weighted by Gasteiger charge is -2.14. The number of hydrogen-bond acceptors (Lipinski definition) is 3. The van der Waals surface area contributed by atoms with Gasteiger partial charge in [0.15, 0.2) is 0 Å². The van der Waals surface area contributed by atoms with Crippen LogP contribution in [0.5, 0.6) is 0 Å². The number of hydrogen-bond donors (Lipinski definition) is 2. The maximum absolute atomic E-state index is 11.9. The summed E-state index contributed by atoms with van der Waals surface area (Å²) in [6, 6.07) is 7.58. The minimum absolute atomic E-state index is 0.196. The molecule has 2 rings (SSSR count). The number of benzene rings is 1. The zero-order chi connectivity index (χ0) is 14.0. The van der Waals surface area contributed by atoms with Crippen molar-refractivity contribution in [3.8, 4) is 0 Å². The highest BCUT2D eigenvalue weighted by Gasteiger charge is 2.48. The summed E-state index contributed by atoms with van der Waals surface area (Å²) in [5.41, 5.74) is 1.78. The predicted molar refractivity (Wildman–Crippen MR) is 71.7 cm³/mol. The van der Waals surface area contributed by atoms with Gasteiger partial charge in [-0.1, -0.05) is 18.2 Å². The number of rotatable bonds is 5. The fourth-order valence-corrected chi connectivity index (χ4v) is 2.10. The number of carbonyl (C=O) groups excluding carboxylic acids is 1. The van der Waals surface area contributed by atoms with Gasteiger partial charge in [0.2, 0.25) is 5.91 Å². The Morgan fingerprint density at radius 3 is 2.58 bits per heavy atom. The van der Waals surface area contributed by atoms with Crippen LogP contribution in [0.2, 0.25) is 0 Å². The van der Waals surface area contributed by atoms with Crippen LogP contribution in [-0.2, 0) is 16.1 Å². The summed E-state index contributed by atoms with van der Waals surface area (Å²) in [6.07, 6.45) is 0.441. The zero-order valence-electron chi connectivity index (χ0n) is 11.1. The van der Waals surface area contributed by atoms with Crippen molar-refractivity contribution < 1.29 is 14.7 Å². The summed E-state index contributed by atoms with van der Waals surface area (Å²) in [4.78, 5) is 24.7. The van der Waals surface area contributed by atoms with E-state index in [1.807, 2.05) is 43.3 Å². The van der Waals surface area contributed by atoms with Gasteiger partial charge in [0.1, 0.15) is 0 Å². The molecule has 5 heteroatoms. The number of carboxylic acids is 1. The Morgan fingerprint density at radius 2 is 2.00 bits per heavy atom. The molecular formula is C14H18N2O3. The van der Waals surface area contributed by atoms with Crippen molar-refractivity contribution in [3.63, 3.8) is 0 Å². The Balaban J connectivity index is 2.03. The second-order valence-electron chi connectivity index (χ2n) is 5.17. The smallest absolute Gasteiger partial charge is 0.307 e. The Hall–Kier alpha value is -1.88. The number of para-hydroxylation sites is 1. The van der Waals surface area contributed by atoms with E-state index in [0.717, 1.165) is 17.8 Å². The van der Waals surface area contributed by atoms with Crippen molar-refractivity contribution in [1.29, 1.82) is 0 Å². The van der Waals surface area contributed by atoms with Gasteiger partial charge in [-0.3, -0.25) is 9.59 Å². The lowest BCUT2D eigenvalue weighted by Crippen LogP contribution is -2.19. The molecule has 2 atom stereocenters. The minimum atomic E-state index is -0.887. The average Bonchev–Trinajstić information content (AvgIpc) is 3.11. The Labute approximate surface area is 112 Å². The van der Waals surface area contributed by atoms with E-state index >= 15 is 0 Å². The van der Waals surface area contributed by atoms with Gasteiger partial charge in [0.25, 0.3) is 0 Å². The number of carbonyl (C=O) groups is 2. The number of nitrogens with one attached hydrogen (secondary N) is 1. The van der Waals surface area contributed by atoms with Crippen LogP contribution in [0.15, 0.2) is 24.3 Å². The predicted octanol–water partition coefficient (Wildman–Crippen LogP) is 1.41. The highest BCUT2D eigenvalue weighted by atomic mass is 16.4. The molecule has 1 aromatic rings. The van der Waals surface area contributed by atoms with Crippen molar-refractivity contribution >= 4 is 17.6 Å². The van der Waals surface area contributed by atoms with E-state index in [2.05, 4.69) is 5.32 Å². The normalized spacial score (nSPS) is 21.2. The van der Waals surface area contributed by atoms with Crippen LogP contribution in [0.3, 0.4) is 0 Å². The van der Waals surface area contributed by atoms with Crippen molar-refractivity contribution in [2.75, 3.05) is 19.4 Å². The first-order valence-electron chi connectivity index (χ1n) is 6.25. The fraction of sp³-hybridized carbons (Fsp3) is 0.429. The molecule has 5 nitrogen and oxygen atoms in total. The third kappa shape index (κ3) is 3.32. The van der Waals surface area contributed by atoms with E-state index in [-0.39, 0.29) is 11.8 Å². The molecule has 1 saturated carbocycles. The minimum Gasteiger partial charge on any atom is -0.481 e. The van der Waals surface area contributed by atoms with E-state index in [1.165, 1.54) is 0 Å². The Morgan fingerprint density at radius 1 is 1.32 bits per heavy atom. The molecule has 1 aromatic carbocycles. The molecule has 2 N–H and O–H groups in total. The topological polar surface area (TPSA) is 69.6 Å². The van der Waals surface area contributed by atoms with E-state index in [4.69, 9.17) is 5.11 Å². The van der Waals surface area contributed by atoms with Gasteiger partial charge in [-0.15, -0.1) is 0 Å². The van der Waals surface area contributed by atoms with Crippen LogP contribution < -0.4 is 5.32 Å².